The summed E-state index contributed by atoms with van der Waals surface area (Å²) >= 11 is 0.889. The number of carbonyl (C=O) groups is 2. The van der Waals surface area contributed by atoms with Gasteiger partial charge >= 0.3 is 5.00 Å². The van der Waals surface area contributed by atoms with Gasteiger partial charge in [0.25, 0.3) is 5.91 Å². The van der Waals surface area contributed by atoms with E-state index < -0.39 is 4.92 Å². The van der Waals surface area contributed by atoms with Crippen molar-refractivity contribution in [1.29, 1.82) is 0 Å². The van der Waals surface area contributed by atoms with E-state index in [-0.39, 0.29) is 35.3 Å². The summed E-state index contributed by atoms with van der Waals surface area (Å²) in [6, 6.07) is 2.76. The van der Waals surface area contributed by atoms with Gasteiger partial charge in [-0.3, -0.25) is 19.7 Å². The summed E-state index contributed by atoms with van der Waals surface area (Å²) < 4.78 is 0. The van der Waals surface area contributed by atoms with Gasteiger partial charge in [-0.1, -0.05) is 11.3 Å². The molecular weight excluding hydrogens is 356 g/mol. The van der Waals surface area contributed by atoms with Crippen molar-refractivity contribution in [2.45, 2.75) is 18.9 Å². The summed E-state index contributed by atoms with van der Waals surface area (Å²) in [4.78, 5) is 38.7. The van der Waals surface area contributed by atoms with E-state index >= 15 is 0 Å². The quantitative estimate of drug-likeness (QED) is 0.631. The molecule has 1 N–H and O–H groups in total. The number of halogens is 1. The molecule has 2 amide bonds. The van der Waals surface area contributed by atoms with Crippen molar-refractivity contribution in [2.24, 2.45) is 0 Å². The summed E-state index contributed by atoms with van der Waals surface area (Å²) in [6.45, 7) is 2.82. The van der Waals surface area contributed by atoms with Gasteiger partial charge in [-0.25, -0.2) is 0 Å². The number of hydrogen-bond acceptors (Lipinski definition) is 6. The molecule has 24 heavy (non-hydrogen) atoms. The Bertz CT molecular complexity index is 624. The van der Waals surface area contributed by atoms with E-state index in [0.717, 1.165) is 30.7 Å². The minimum atomic E-state index is -0.493. The zero-order valence-corrected chi connectivity index (χ0v) is 14.6. The van der Waals surface area contributed by atoms with E-state index in [1.807, 2.05) is 0 Å². The Kier molecular flexibility index (Phi) is 6.14. The fraction of sp³-hybridized carbons (Fsp3) is 0.571. The maximum absolute atomic E-state index is 12.4. The van der Waals surface area contributed by atoms with E-state index in [4.69, 9.17) is 0 Å². The van der Waals surface area contributed by atoms with E-state index in [1.54, 1.807) is 9.80 Å². The van der Waals surface area contributed by atoms with Crippen LogP contribution in [0.3, 0.4) is 0 Å². The van der Waals surface area contributed by atoms with Crippen LogP contribution in [0.4, 0.5) is 5.00 Å². The lowest BCUT2D eigenvalue weighted by atomic mass is 10.2. The van der Waals surface area contributed by atoms with Gasteiger partial charge in [0.05, 0.1) is 15.8 Å². The molecule has 3 heterocycles. The molecule has 1 aromatic heterocycles. The van der Waals surface area contributed by atoms with E-state index in [9.17, 15) is 19.7 Å². The summed E-state index contributed by atoms with van der Waals surface area (Å²) in [6.07, 6.45) is 1.89. The first-order valence-electron chi connectivity index (χ1n) is 7.62. The van der Waals surface area contributed by atoms with Gasteiger partial charge in [-0.05, 0) is 25.5 Å². The van der Waals surface area contributed by atoms with Crippen LogP contribution >= 0.6 is 23.7 Å². The molecule has 10 heteroatoms. The van der Waals surface area contributed by atoms with Crippen LogP contribution in [-0.2, 0) is 4.79 Å². The molecule has 0 radical (unpaired) electrons. The van der Waals surface area contributed by atoms with Crippen molar-refractivity contribution in [1.82, 2.24) is 15.1 Å². The van der Waals surface area contributed by atoms with Gasteiger partial charge in [-0.2, -0.15) is 0 Å². The number of nitro groups is 1. The van der Waals surface area contributed by atoms with Gasteiger partial charge in [-0.15, -0.1) is 12.4 Å². The van der Waals surface area contributed by atoms with Gasteiger partial charge in [0.1, 0.15) is 0 Å². The molecule has 3 rings (SSSR count). The topological polar surface area (TPSA) is 95.8 Å². The third-order valence-corrected chi connectivity index (χ3v) is 5.24. The molecular formula is C14H19ClN4O4S. The van der Waals surface area contributed by atoms with Crippen LogP contribution in [0.2, 0.25) is 0 Å². The maximum Gasteiger partial charge on any atom is 0.324 e. The first-order chi connectivity index (χ1) is 11.1. The smallest absolute Gasteiger partial charge is 0.324 e. The standard InChI is InChI=1S/C14H18N4O4S.ClH/c19-13(10-2-1-5-15-10)16-6-8-17(9-7-16)14(20)11-3-4-12(23-11)18(21)22;/h3-4,10,15H,1-2,5-9H2;1H. The van der Waals surface area contributed by atoms with Gasteiger partial charge < -0.3 is 15.1 Å². The minimum Gasteiger partial charge on any atom is -0.338 e. The maximum atomic E-state index is 12.4. The van der Waals surface area contributed by atoms with Crippen LogP contribution in [0.5, 0.6) is 0 Å². The molecule has 0 spiro atoms. The Labute approximate surface area is 149 Å². The van der Waals surface area contributed by atoms with Crippen LogP contribution in [0.25, 0.3) is 0 Å². The summed E-state index contributed by atoms with van der Waals surface area (Å²) in [5.41, 5.74) is 0. The SMILES string of the molecule is Cl.O=C(c1ccc([N+](=O)[O-])s1)N1CCN(C(=O)C2CCCN2)CC1. The first-order valence-corrected chi connectivity index (χ1v) is 8.43. The number of thiophene rings is 1. The number of piperazine rings is 1. The molecule has 2 aliphatic rings. The summed E-state index contributed by atoms with van der Waals surface area (Å²) in [5.74, 6) is -0.0875. The van der Waals surface area contributed by atoms with Crippen molar-refractivity contribution in [2.75, 3.05) is 32.7 Å². The zero-order chi connectivity index (χ0) is 16.4. The highest BCUT2D eigenvalue weighted by Crippen LogP contribution is 2.25. The highest BCUT2D eigenvalue weighted by Gasteiger charge is 2.31. The Morgan fingerprint density at radius 3 is 2.42 bits per heavy atom. The lowest BCUT2D eigenvalue weighted by Gasteiger charge is -2.35. The highest BCUT2D eigenvalue weighted by molar-refractivity contribution is 7.17. The van der Waals surface area contributed by atoms with Crippen molar-refractivity contribution >= 4 is 40.6 Å². The third-order valence-electron chi connectivity index (χ3n) is 4.22. The average Bonchev–Trinajstić information content (AvgIpc) is 3.25. The molecule has 0 aromatic carbocycles. The van der Waals surface area contributed by atoms with Crippen LogP contribution in [-0.4, -0.2) is 65.3 Å². The number of amides is 2. The molecule has 0 saturated carbocycles. The largest absolute Gasteiger partial charge is 0.338 e. The Morgan fingerprint density at radius 1 is 1.21 bits per heavy atom. The van der Waals surface area contributed by atoms with Crippen molar-refractivity contribution in [3.8, 4) is 0 Å². The number of nitrogens with zero attached hydrogens (tertiary/aromatic N) is 3. The average molecular weight is 375 g/mol. The second-order valence-corrected chi connectivity index (χ2v) is 6.72. The number of nitrogens with one attached hydrogen (secondary N) is 1. The van der Waals surface area contributed by atoms with Gasteiger partial charge in [0, 0.05) is 32.2 Å². The molecule has 2 saturated heterocycles. The highest BCUT2D eigenvalue weighted by atomic mass is 35.5. The summed E-state index contributed by atoms with van der Waals surface area (Å²) in [7, 11) is 0. The van der Waals surface area contributed by atoms with E-state index in [2.05, 4.69) is 5.32 Å². The van der Waals surface area contributed by atoms with Crippen molar-refractivity contribution < 1.29 is 14.5 Å². The minimum absolute atomic E-state index is 0. The van der Waals surface area contributed by atoms with E-state index in [1.165, 1.54) is 12.1 Å². The predicted molar refractivity (Wildman–Crippen MR) is 91.7 cm³/mol. The zero-order valence-electron chi connectivity index (χ0n) is 13.0. The molecule has 0 aliphatic carbocycles. The molecule has 1 atom stereocenters. The third kappa shape index (κ3) is 3.85. The molecule has 1 aromatic rings. The van der Waals surface area contributed by atoms with E-state index in [0.29, 0.717) is 31.1 Å². The van der Waals surface area contributed by atoms with Gasteiger partial charge in [0.15, 0.2) is 0 Å². The second-order valence-electron chi connectivity index (χ2n) is 5.66. The Hall–Kier alpha value is -1.71. The number of hydrogen-bond donors (Lipinski definition) is 1. The molecule has 132 valence electrons. The molecule has 2 fully saturated rings. The van der Waals surface area contributed by atoms with Gasteiger partial charge in [0.2, 0.25) is 5.91 Å². The second kappa shape index (κ2) is 7.91. The Balaban J connectivity index is 0.00000208. The lowest BCUT2D eigenvalue weighted by molar-refractivity contribution is -0.380. The molecule has 8 nitrogen and oxygen atoms in total. The number of carbonyl (C=O) groups excluding carboxylic acids is 2. The van der Waals surface area contributed by atoms with Crippen LogP contribution < -0.4 is 5.32 Å². The van der Waals surface area contributed by atoms with Crippen LogP contribution in [0, 0.1) is 10.1 Å². The normalized spacial score (nSPS) is 20.6. The van der Waals surface area contributed by atoms with Crippen molar-refractivity contribution in [3.05, 3.63) is 27.1 Å². The Morgan fingerprint density at radius 2 is 1.88 bits per heavy atom. The monoisotopic (exact) mass is 374 g/mol. The van der Waals surface area contributed by atoms with Crippen molar-refractivity contribution in [3.63, 3.8) is 0 Å². The molecule has 2 aliphatic heterocycles. The lowest BCUT2D eigenvalue weighted by Crippen LogP contribution is -2.54. The fourth-order valence-electron chi connectivity index (χ4n) is 2.94. The first kappa shape index (κ1) is 18.6. The summed E-state index contributed by atoms with van der Waals surface area (Å²) in [5, 5.41) is 13.9. The molecule has 0 bridgehead atoms. The molecule has 1 unspecified atom stereocenters. The van der Waals surface area contributed by atoms with Crippen LogP contribution in [0.1, 0.15) is 22.5 Å². The van der Waals surface area contributed by atoms with Crippen LogP contribution in [0.15, 0.2) is 12.1 Å². The predicted octanol–water partition coefficient (Wildman–Crippen LogP) is 1.11. The number of rotatable bonds is 3. The fourth-order valence-corrected chi connectivity index (χ4v) is 3.73.